The molecule has 10 rings (SSSR count). The van der Waals surface area contributed by atoms with Crippen molar-refractivity contribution in [3.05, 3.63) is 233 Å². The van der Waals surface area contributed by atoms with E-state index in [2.05, 4.69) is 84.9 Å². The van der Waals surface area contributed by atoms with Crippen LogP contribution in [0.5, 0.6) is 0 Å². The molecule has 0 aliphatic carbocycles. The Bertz CT molecular complexity index is 3700. The Labute approximate surface area is 432 Å². The third-order valence-electron chi connectivity index (χ3n) is 13.6. The van der Waals surface area contributed by atoms with Crippen LogP contribution >= 0.6 is 0 Å². The topological polar surface area (TPSA) is 75.6 Å². The summed E-state index contributed by atoms with van der Waals surface area (Å²) in [4.78, 5) is 14.7. The molecule has 0 amide bonds. The maximum absolute atomic E-state index is 10.1. The van der Waals surface area contributed by atoms with Gasteiger partial charge in [0.25, 0.3) is 0 Å². The average Bonchev–Trinajstić information content (AvgIpc) is 3.84. The lowest BCUT2D eigenvalue weighted by Crippen LogP contribution is -2.23. The Morgan fingerprint density at radius 3 is 1.64 bits per heavy atom. The zero-order valence-electron chi connectivity index (χ0n) is 47.1. The third kappa shape index (κ3) is 10.6. The van der Waals surface area contributed by atoms with Gasteiger partial charge in [-0.05, 0) is 141 Å². The van der Waals surface area contributed by atoms with Crippen LogP contribution < -0.4 is 0 Å². The molecule has 0 bridgehead atoms. The van der Waals surface area contributed by atoms with Crippen molar-refractivity contribution in [2.45, 2.75) is 91.3 Å². The zero-order chi connectivity index (χ0) is 54.5. The van der Waals surface area contributed by atoms with Crippen molar-refractivity contribution in [1.29, 1.82) is 5.26 Å². The van der Waals surface area contributed by atoms with Crippen LogP contribution in [0.15, 0.2) is 193 Å². The van der Waals surface area contributed by atoms with Gasteiger partial charge in [0.05, 0.1) is 30.1 Å². The molecule has 0 saturated carbocycles. The van der Waals surface area contributed by atoms with Crippen molar-refractivity contribution in [3.8, 4) is 51.0 Å². The van der Waals surface area contributed by atoms with Crippen LogP contribution in [0, 0.1) is 16.7 Å². The molecule has 0 saturated heterocycles. The molecule has 0 atom stereocenters. The van der Waals surface area contributed by atoms with E-state index in [1.807, 2.05) is 134 Å². The van der Waals surface area contributed by atoms with Gasteiger partial charge in [0, 0.05) is 51.5 Å². The Hall–Kier alpha value is -7.94. The van der Waals surface area contributed by atoms with E-state index >= 15 is 0 Å². The summed E-state index contributed by atoms with van der Waals surface area (Å²) < 4.78 is 55.6. The largest absolute Gasteiger partial charge is 0.455 e. The van der Waals surface area contributed by atoms with E-state index < -0.39 is 23.6 Å². The maximum Gasteiger partial charge on any atom is 0.144 e. The quantitative estimate of drug-likeness (QED) is 0.109. The van der Waals surface area contributed by atoms with Gasteiger partial charge >= 0.3 is 0 Å². The van der Waals surface area contributed by atoms with Crippen LogP contribution in [-0.4, -0.2) is 15.0 Å². The van der Waals surface area contributed by atoms with Crippen LogP contribution in [0.3, 0.4) is 0 Å². The molecule has 5 nitrogen and oxygen atoms in total. The normalized spacial score (nSPS) is 13.5. The van der Waals surface area contributed by atoms with Gasteiger partial charge in [-0.1, -0.05) is 176 Å². The Morgan fingerprint density at radius 2 is 1.08 bits per heavy atom. The first-order valence-electron chi connectivity index (χ1n) is 27.2. The molecule has 0 N–H and O–H groups in total. The average molecular weight is 944 g/mol. The van der Waals surface area contributed by atoms with Crippen LogP contribution in [0.25, 0.3) is 66.8 Å². The summed E-state index contributed by atoms with van der Waals surface area (Å²) >= 11 is 0. The van der Waals surface area contributed by atoms with Gasteiger partial charge in [-0.25, -0.2) is 0 Å². The minimum Gasteiger partial charge on any atom is -0.455 e. The van der Waals surface area contributed by atoms with Gasteiger partial charge in [-0.15, -0.1) is 0 Å². The summed E-state index contributed by atoms with van der Waals surface area (Å²) in [5, 5.41) is 11.2. The van der Waals surface area contributed by atoms with Crippen molar-refractivity contribution in [3.63, 3.8) is 0 Å². The lowest BCUT2D eigenvalue weighted by atomic mass is 9.77. The van der Waals surface area contributed by atoms with Crippen molar-refractivity contribution >= 4 is 21.9 Å². The molecule has 0 spiro atoms. The second kappa shape index (κ2) is 19.7. The van der Waals surface area contributed by atoms with Gasteiger partial charge in [-0.2, -0.15) is 5.26 Å². The number of nitriles is 1. The highest BCUT2D eigenvalue weighted by Crippen LogP contribution is 2.39. The number of para-hydroxylation sites is 1. The summed E-state index contributed by atoms with van der Waals surface area (Å²) in [6.07, 6.45) is 2.01. The van der Waals surface area contributed by atoms with E-state index in [0.717, 1.165) is 62.1 Å². The standard InChI is InChI=1S/C67H62N4O/c1-65(2,3)38-45-21-25-50(26-22-45)59-37-62(58-20-14-19-57-56-30-24-47(41-68)36-63(56)72-64(57)58)69-42-53(59)27-23-46-33-48(39-66(4,5)54-28-31-60(70-43-54)51-15-10-8-11-16-51)35-49(34-46)40-67(6,7)55-29-32-61(71-44-55)52-17-12-9-13-18-52/h8-22,24-26,28-37,42-44H,23,27,38-40H2,1-7H3/i23D2,27D2,36D. The van der Waals surface area contributed by atoms with Gasteiger partial charge in [0.2, 0.25) is 0 Å². The number of fused-ring (bicyclic) bond motifs is 3. The molecular formula is C67H62N4O. The van der Waals surface area contributed by atoms with Crippen LogP contribution in [-0.2, 0) is 42.8 Å². The Kier molecular flexibility index (Phi) is 11.4. The van der Waals surface area contributed by atoms with Gasteiger partial charge in [0.15, 0.2) is 0 Å². The van der Waals surface area contributed by atoms with E-state index in [4.69, 9.17) is 20.7 Å². The fourth-order valence-corrected chi connectivity index (χ4v) is 9.90. The molecule has 0 unspecified atom stereocenters. The number of nitrogens with zero attached hydrogens (tertiary/aromatic N) is 4. The molecule has 6 aromatic carbocycles. The molecule has 0 fully saturated rings. The number of aryl methyl sites for hydroxylation is 2. The second-order valence-corrected chi connectivity index (χ2v) is 21.6. The molecule has 72 heavy (non-hydrogen) atoms. The Morgan fingerprint density at radius 1 is 0.500 bits per heavy atom. The molecular weight excluding hydrogens is 877 g/mol. The molecule has 4 heterocycles. The maximum atomic E-state index is 10.1. The molecule has 0 aliphatic rings. The number of aromatic nitrogens is 3. The summed E-state index contributed by atoms with van der Waals surface area (Å²) in [6, 6.07) is 55.5. The van der Waals surface area contributed by atoms with Crippen molar-refractivity contribution < 1.29 is 11.3 Å². The fraction of sp³-hybridized carbons (Fsp3) is 0.224. The summed E-state index contributed by atoms with van der Waals surface area (Å²) in [7, 11) is 0. The number of rotatable bonds is 14. The fourth-order valence-electron chi connectivity index (χ4n) is 9.90. The van der Waals surface area contributed by atoms with Crippen molar-refractivity contribution in [1.82, 2.24) is 15.0 Å². The molecule has 0 radical (unpaired) electrons. The highest BCUT2D eigenvalue weighted by Gasteiger charge is 2.26. The summed E-state index contributed by atoms with van der Waals surface area (Å²) in [6.45, 7) is 15.3. The number of pyridine rings is 3. The van der Waals surface area contributed by atoms with Gasteiger partial charge < -0.3 is 4.42 Å². The first kappa shape index (κ1) is 41.8. The van der Waals surface area contributed by atoms with Crippen LogP contribution in [0.2, 0.25) is 0 Å². The number of furan rings is 1. The predicted molar refractivity (Wildman–Crippen MR) is 297 cm³/mol. The smallest absolute Gasteiger partial charge is 0.144 e. The van der Waals surface area contributed by atoms with E-state index in [0.29, 0.717) is 51.8 Å². The second-order valence-electron chi connectivity index (χ2n) is 21.6. The predicted octanol–water partition coefficient (Wildman–Crippen LogP) is 16.7. The first-order chi connectivity index (χ1) is 36.6. The minimum absolute atomic E-state index is 0.00488. The monoisotopic (exact) mass is 944 g/mol. The summed E-state index contributed by atoms with van der Waals surface area (Å²) in [5.41, 5.74) is 11.5. The van der Waals surface area contributed by atoms with E-state index in [9.17, 15) is 10.7 Å². The lowest BCUT2D eigenvalue weighted by Gasteiger charge is -2.28. The number of benzene rings is 6. The van der Waals surface area contributed by atoms with E-state index in [1.165, 1.54) is 6.20 Å². The molecule has 0 aliphatic heterocycles. The minimum atomic E-state index is -2.63. The van der Waals surface area contributed by atoms with Crippen molar-refractivity contribution in [2.75, 3.05) is 0 Å². The van der Waals surface area contributed by atoms with Gasteiger partial charge in [-0.3, -0.25) is 15.0 Å². The highest BCUT2D eigenvalue weighted by molar-refractivity contribution is 6.09. The number of hydrogen-bond donors (Lipinski definition) is 0. The first-order valence-corrected chi connectivity index (χ1v) is 24.7. The van der Waals surface area contributed by atoms with Gasteiger partial charge in [0.1, 0.15) is 11.2 Å². The molecule has 5 heteroatoms. The van der Waals surface area contributed by atoms with Crippen molar-refractivity contribution in [2.24, 2.45) is 5.41 Å². The molecule has 4 aromatic heterocycles. The zero-order valence-corrected chi connectivity index (χ0v) is 42.1. The van der Waals surface area contributed by atoms with E-state index in [-0.39, 0.29) is 28.1 Å². The molecule has 10 aromatic rings. The van der Waals surface area contributed by atoms with Crippen LogP contribution in [0.1, 0.15) is 99.8 Å². The Balaban J connectivity index is 1.08. The molecule has 356 valence electrons. The van der Waals surface area contributed by atoms with E-state index in [1.54, 1.807) is 12.1 Å². The lowest BCUT2D eigenvalue weighted by molar-refractivity contribution is 0.411. The summed E-state index contributed by atoms with van der Waals surface area (Å²) in [5.74, 6) is 0. The number of hydrogen-bond acceptors (Lipinski definition) is 5. The van der Waals surface area contributed by atoms with Crippen LogP contribution in [0.4, 0.5) is 0 Å². The third-order valence-corrected chi connectivity index (χ3v) is 13.6. The SMILES string of the molecule is [2H]c1c(C#N)ccc2c1oc1c(-c3cc(-c4ccc(CC(C)(C)C)cc4)c(C([2H])([2H])C([2H])([2H])c4cc(CC(C)(C)c5ccc(-c6ccccc6)nc5)cc(CC(C)(C)c5ccc(-c6ccccc6)nc5)c4)cn3)cccc12. The highest BCUT2D eigenvalue weighted by atomic mass is 16.3.